The number of benzene rings is 1. The van der Waals surface area contributed by atoms with E-state index >= 15 is 0 Å². The van der Waals surface area contributed by atoms with Crippen molar-refractivity contribution in [3.8, 4) is 0 Å². The van der Waals surface area contributed by atoms with Crippen molar-refractivity contribution in [1.29, 1.82) is 0 Å². The van der Waals surface area contributed by atoms with Crippen LogP contribution in [0.3, 0.4) is 0 Å². The molecular weight excluding hydrogens is 310 g/mol. The van der Waals surface area contributed by atoms with E-state index in [1.807, 2.05) is 57.1 Å². The van der Waals surface area contributed by atoms with Gasteiger partial charge in [-0.3, -0.25) is 14.6 Å². The smallest absolute Gasteiger partial charge is 0.294 e. The van der Waals surface area contributed by atoms with Crippen molar-refractivity contribution in [2.75, 3.05) is 38.8 Å². The molecule has 1 aromatic rings. The van der Waals surface area contributed by atoms with Gasteiger partial charge in [-0.25, -0.2) is 0 Å². The molecule has 1 amide bonds. The van der Waals surface area contributed by atoms with Crippen molar-refractivity contribution in [1.82, 2.24) is 4.90 Å². The van der Waals surface area contributed by atoms with Crippen LogP contribution in [0.5, 0.6) is 0 Å². The van der Waals surface area contributed by atoms with Crippen LogP contribution in [0, 0.1) is 0 Å². The summed E-state index contributed by atoms with van der Waals surface area (Å²) in [6.45, 7) is 5.66. The molecule has 0 unspecified atom stereocenters. The third-order valence-electron chi connectivity index (χ3n) is 4.07. The molecule has 7 heteroatoms. The lowest BCUT2D eigenvalue weighted by Crippen LogP contribution is -2.52. The first kappa shape index (κ1) is 17.5. The van der Waals surface area contributed by atoms with Crippen molar-refractivity contribution >= 4 is 34.6 Å². The van der Waals surface area contributed by atoms with E-state index in [9.17, 15) is 4.79 Å². The number of hydrogen-bond acceptors (Lipinski definition) is 4. The number of amides is 1. The Hall–Kier alpha value is -1.83. The Labute approximate surface area is 142 Å². The first-order valence-electron chi connectivity index (χ1n) is 7.69. The molecule has 2 N–H and O–H groups in total. The molecule has 0 radical (unpaired) electrons. The Bertz CT molecular complexity index is 652. The van der Waals surface area contributed by atoms with Gasteiger partial charge in [0.1, 0.15) is 13.1 Å². The minimum Gasteiger partial charge on any atom is -0.343 e. The second-order valence-corrected chi connectivity index (χ2v) is 6.23. The Balaban J connectivity index is 2.57. The molecule has 0 saturated heterocycles. The Kier molecular flexibility index (Phi) is 5.13. The normalized spacial score (nSPS) is 16.3. The van der Waals surface area contributed by atoms with Crippen LogP contribution in [0.2, 0.25) is 0 Å². The summed E-state index contributed by atoms with van der Waals surface area (Å²) in [6, 6.07) is 7.69. The molecule has 2 rings (SSSR count). The molecule has 0 saturated carbocycles. The van der Waals surface area contributed by atoms with Crippen LogP contribution in [0.4, 0.5) is 5.69 Å². The van der Waals surface area contributed by atoms with Crippen LogP contribution in [0.15, 0.2) is 29.4 Å². The Morgan fingerprint density at radius 2 is 1.91 bits per heavy atom. The lowest BCUT2D eigenvalue weighted by atomic mass is 10.1. The van der Waals surface area contributed by atoms with E-state index in [1.165, 1.54) is 0 Å². The maximum Gasteiger partial charge on any atom is 0.294 e. The largest absolute Gasteiger partial charge is 0.343 e. The third kappa shape index (κ3) is 3.12. The summed E-state index contributed by atoms with van der Waals surface area (Å²) < 4.78 is 0.0839. The lowest BCUT2D eigenvalue weighted by Gasteiger charge is -2.27. The van der Waals surface area contributed by atoms with Crippen LogP contribution >= 0.6 is 12.2 Å². The first-order chi connectivity index (χ1) is 10.9. The van der Waals surface area contributed by atoms with E-state index in [2.05, 4.69) is 0 Å². The van der Waals surface area contributed by atoms with Gasteiger partial charge in [-0.05, 0) is 34.0 Å². The van der Waals surface area contributed by atoms with Crippen LogP contribution in [0.25, 0.3) is 0 Å². The lowest BCUT2D eigenvalue weighted by molar-refractivity contribution is -0.843. The van der Waals surface area contributed by atoms with Crippen molar-refractivity contribution in [3.05, 3.63) is 29.8 Å². The quantitative estimate of drug-likeness (QED) is 0.502. The first-order valence-corrected chi connectivity index (χ1v) is 8.10. The molecule has 124 valence electrons. The van der Waals surface area contributed by atoms with Gasteiger partial charge in [-0.2, -0.15) is 0 Å². The number of anilines is 1. The van der Waals surface area contributed by atoms with Crippen LogP contribution in [0.1, 0.15) is 19.4 Å². The molecule has 1 aromatic carbocycles. The number of quaternary nitrogens is 1. The molecule has 0 aromatic heterocycles. The minimum absolute atomic E-state index is 0.0839. The zero-order chi connectivity index (χ0) is 17.2. The molecule has 6 nitrogen and oxygen atoms in total. The predicted octanol–water partition coefficient (Wildman–Crippen LogP) is 1.36. The van der Waals surface area contributed by atoms with E-state index in [4.69, 9.17) is 23.1 Å². The number of nitrogens with two attached hydrogens (primary N) is 1. The topological polar surface area (TPSA) is 61.9 Å². The van der Waals surface area contributed by atoms with E-state index in [1.54, 1.807) is 4.90 Å². The summed E-state index contributed by atoms with van der Waals surface area (Å²) in [6.07, 6.45) is 0. The highest BCUT2D eigenvalue weighted by Gasteiger charge is 2.39. The number of thiocarbonyl (C=S) groups is 1. The molecule has 0 fully saturated rings. The van der Waals surface area contributed by atoms with Crippen molar-refractivity contribution in [2.45, 2.75) is 13.8 Å². The average Bonchev–Trinajstić information content (AvgIpc) is 2.77. The maximum absolute atomic E-state index is 12.9. The number of carbonyl (C=O) groups excluding carboxylic acids is 1. The van der Waals surface area contributed by atoms with E-state index in [0.29, 0.717) is 25.5 Å². The minimum atomic E-state index is -0.111. The molecule has 0 bridgehead atoms. The third-order valence-corrected chi connectivity index (χ3v) is 4.41. The van der Waals surface area contributed by atoms with Gasteiger partial charge in [0.15, 0.2) is 5.71 Å². The fourth-order valence-corrected chi connectivity index (χ4v) is 3.00. The van der Waals surface area contributed by atoms with Crippen molar-refractivity contribution in [3.63, 3.8) is 0 Å². The fraction of sp³-hybridized carbons (Fsp3) is 0.438. The van der Waals surface area contributed by atoms with Gasteiger partial charge in [-0.15, -0.1) is 4.59 Å². The van der Waals surface area contributed by atoms with E-state index < -0.39 is 0 Å². The van der Waals surface area contributed by atoms with Gasteiger partial charge < -0.3 is 5.73 Å². The van der Waals surface area contributed by atoms with Crippen LogP contribution in [-0.2, 0) is 4.79 Å². The molecule has 23 heavy (non-hydrogen) atoms. The van der Waals surface area contributed by atoms with Gasteiger partial charge in [0.2, 0.25) is 0 Å². The summed E-state index contributed by atoms with van der Waals surface area (Å²) in [5, 5.41) is 4.98. The number of para-hydroxylation sites is 1. The second-order valence-electron chi connectivity index (χ2n) is 5.81. The van der Waals surface area contributed by atoms with E-state index in [0.717, 1.165) is 11.3 Å². The summed E-state index contributed by atoms with van der Waals surface area (Å²) >= 11 is 5.21. The highest BCUT2D eigenvalue weighted by Crippen LogP contribution is 2.30. The standard InChI is InChI=1S/C16H23N5OS/c1-5-21(6-2,16(17)23)18-14-12-9-7-8-10-13(12)20(15(14)22)11-19(3)4/h7-10H,5-6,11H2,1-4H3,(H-,17,23)/p+1/b18-14-. The number of rotatable bonds is 5. The number of hydrogen-bond donors (Lipinski definition) is 1. The molecule has 0 aliphatic carbocycles. The summed E-state index contributed by atoms with van der Waals surface area (Å²) in [4.78, 5) is 16.6. The Morgan fingerprint density at radius 1 is 1.30 bits per heavy atom. The number of carbonyl (C=O) groups is 1. The zero-order valence-corrected chi connectivity index (χ0v) is 14.9. The van der Waals surface area contributed by atoms with Gasteiger partial charge in [0, 0.05) is 17.8 Å². The van der Waals surface area contributed by atoms with Gasteiger partial charge in [0.25, 0.3) is 11.0 Å². The molecule has 0 spiro atoms. The highest BCUT2D eigenvalue weighted by atomic mass is 32.1. The molecular formula is C16H24N5OS+. The van der Waals surface area contributed by atoms with Crippen LogP contribution < -0.4 is 10.6 Å². The maximum atomic E-state index is 12.9. The van der Waals surface area contributed by atoms with Gasteiger partial charge in [0.05, 0.1) is 12.4 Å². The van der Waals surface area contributed by atoms with Gasteiger partial charge in [-0.1, -0.05) is 23.3 Å². The molecule has 0 atom stereocenters. The summed E-state index contributed by atoms with van der Waals surface area (Å²) in [7, 11) is 3.86. The van der Waals surface area contributed by atoms with Crippen LogP contribution in [-0.4, -0.2) is 60.1 Å². The zero-order valence-electron chi connectivity index (χ0n) is 14.1. The summed E-state index contributed by atoms with van der Waals surface area (Å²) in [5.74, 6) is -0.111. The monoisotopic (exact) mass is 334 g/mol. The van der Waals surface area contributed by atoms with Crippen molar-refractivity contribution in [2.24, 2.45) is 10.8 Å². The van der Waals surface area contributed by atoms with Crippen molar-refractivity contribution < 1.29 is 9.39 Å². The van der Waals surface area contributed by atoms with Gasteiger partial charge >= 0.3 is 0 Å². The number of fused-ring (bicyclic) bond motifs is 1. The molecule has 1 heterocycles. The predicted molar refractivity (Wildman–Crippen MR) is 97.1 cm³/mol. The fourth-order valence-electron chi connectivity index (χ4n) is 2.70. The highest BCUT2D eigenvalue weighted by molar-refractivity contribution is 7.79. The Morgan fingerprint density at radius 3 is 2.43 bits per heavy atom. The molecule has 1 aliphatic rings. The molecule has 1 aliphatic heterocycles. The summed E-state index contributed by atoms with van der Waals surface area (Å²) in [5.41, 5.74) is 8.05. The van der Waals surface area contributed by atoms with E-state index in [-0.39, 0.29) is 15.6 Å². The second kappa shape index (κ2) is 6.74. The number of nitrogens with zero attached hydrogens (tertiary/aromatic N) is 4. The SMILES string of the molecule is CC[N+](CC)(/N=C1\C(=O)N(CN(C)C)c2ccccc21)C(N)=S. The average molecular weight is 334 g/mol.